The zero-order valence-corrected chi connectivity index (χ0v) is 17.5. The van der Waals surface area contributed by atoms with Gasteiger partial charge in [-0.3, -0.25) is 0 Å². The van der Waals surface area contributed by atoms with Crippen LogP contribution in [0.4, 0.5) is 41.6 Å². The van der Waals surface area contributed by atoms with E-state index in [1.807, 2.05) is 0 Å². The molecule has 180 valence electrons. The summed E-state index contributed by atoms with van der Waals surface area (Å²) < 4.78 is 111. The molecule has 2 rings (SSSR count). The van der Waals surface area contributed by atoms with Crippen LogP contribution in [0.5, 0.6) is 0 Å². The normalized spacial score (nSPS) is 20.0. The average molecular weight is 492 g/mol. The summed E-state index contributed by atoms with van der Waals surface area (Å²) >= 11 is 0. The summed E-state index contributed by atoms with van der Waals surface area (Å²) in [5.74, 6) is 0. The number of hydrogen-bond donors (Lipinski definition) is 0. The Morgan fingerprint density at radius 2 is 1.81 bits per heavy atom. The fourth-order valence-corrected chi connectivity index (χ4v) is 3.64. The number of amides is 2. The number of hydrogen-bond acceptors (Lipinski definition) is 6. The van der Waals surface area contributed by atoms with Crippen LogP contribution in [0.2, 0.25) is 0 Å². The van der Waals surface area contributed by atoms with E-state index in [0.717, 1.165) is 23.1 Å². The lowest BCUT2D eigenvalue weighted by Crippen LogP contribution is -2.55. The lowest BCUT2D eigenvalue weighted by Gasteiger charge is -2.40. The van der Waals surface area contributed by atoms with Crippen LogP contribution in [-0.4, -0.2) is 55.9 Å². The second kappa shape index (κ2) is 8.67. The molecule has 1 aliphatic heterocycles. The second-order valence-electron chi connectivity index (χ2n) is 6.81. The Morgan fingerprint density at radius 1 is 1.22 bits per heavy atom. The largest absolute Gasteiger partial charge is 0.517 e. The molecule has 0 aromatic heterocycles. The highest BCUT2D eigenvalue weighted by molar-refractivity contribution is 7.94. The molecular formula is C17H18F6N2O6S. The zero-order valence-electron chi connectivity index (χ0n) is 16.7. The van der Waals surface area contributed by atoms with E-state index in [-0.39, 0.29) is 5.56 Å². The SMILES string of the molecule is CCOC(=O)N(c1ccccc1CN1CCC(C)(C(F)(F)F)OC1=O)S(=O)(=O)C(F)(F)F. The quantitative estimate of drug-likeness (QED) is 0.573. The first-order chi connectivity index (χ1) is 14.5. The summed E-state index contributed by atoms with van der Waals surface area (Å²) in [6, 6.07) is 4.38. The fraction of sp³-hybridized carbons (Fsp3) is 0.529. The zero-order chi connectivity index (χ0) is 24.5. The van der Waals surface area contributed by atoms with Crippen molar-refractivity contribution in [2.75, 3.05) is 17.5 Å². The van der Waals surface area contributed by atoms with Gasteiger partial charge >= 0.3 is 33.9 Å². The Hall–Kier alpha value is -2.71. The fourth-order valence-electron chi connectivity index (χ4n) is 2.75. The Labute approximate surface area is 178 Å². The summed E-state index contributed by atoms with van der Waals surface area (Å²) in [5, 5.41) is 0. The van der Waals surface area contributed by atoms with E-state index in [9.17, 15) is 44.3 Å². The number of carbonyl (C=O) groups excluding carboxylic acids is 2. The van der Waals surface area contributed by atoms with Gasteiger partial charge in [0.15, 0.2) is 0 Å². The summed E-state index contributed by atoms with van der Waals surface area (Å²) in [6.07, 6.45) is -8.78. The van der Waals surface area contributed by atoms with Crippen molar-refractivity contribution in [3.8, 4) is 0 Å². The molecule has 2 amide bonds. The Kier molecular flexibility index (Phi) is 6.92. The molecule has 1 saturated heterocycles. The summed E-state index contributed by atoms with van der Waals surface area (Å²) in [7, 11) is -6.25. The molecule has 1 fully saturated rings. The van der Waals surface area contributed by atoms with Crippen molar-refractivity contribution >= 4 is 27.9 Å². The third-order valence-corrected chi connectivity index (χ3v) is 5.98. The van der Waals surface area contributed by atoms with Crippen LogP contribution in [-0.2, 0) is 26.0 Å². The molecule has 1 aromatic carbocycles. The van der Waals surface area contributed by atoms with E-state index >= 15 is 0 Å². The lowest BCUT2D eigenvalue weighted by molar-refractivity contribution is -0.264. The number of rotatable bonds is 5. The monoisotopic (exact) mass is 492 g/mol. The van der Waals surface area contributed by atoms with Crippen molar-refractivity contribution in [2.45, 2.75) is 44.1 Å². The maximum Gasteiger partial charge on any atom is 0.517 e. The molecule has 1 atom stereocenters. The van der Waals surface area contributed by atoms with Gasteiger partial charge < -0.3 is 14.4 Å². The number of sulfonamides is 1. The molecule has 0 bridgehead atoms. The van der Waals surface area contributed by atoms with Crippen LogP contribution in [0.25, 0.3) is 0 Å². The van der Waals surface area contributed by atoms with Crippen LogP contribution in [0, 0.1) is 0 Å². The number of carbonyl (C=O) groups is 2. The number of anilines is 1. The summed E-state index contributed by atoms with van der Waals surface area (Å²) in [5.41, 5.74) is -9.68. The third-order valence-electron chi connectivity index (χ3n) is 4.57. The molecule has 0 aliphatic carbocycles. The van der Waals surface area contributed by atoms with Gasteiger partial charge in [-0.1, -0.05) is 18.2 Å². The minimum absolute atomic E-state index is 0.277. The highest BCUT2D eigenvalue weighted by Crippen LogP contribution is 2.40. The van der Waals surface area contributed by atoms with Gasteiger partial charge in [-0.05, 0) is 25.5 Å². The van der Waals surface area contributed by atoms with Gasteiger partial charge in [0.2, 0.25) is 5.60 Å². The molecular weight excluding hydrogens is 474 g/mol. The molecule has 0 saturated carbocycles. The van der Waals surface area contributed by atoms with E-state index in [2.05, 4.69) is 9.47 Å². The molecule has 0 N–H and O–H groups in total. The standard InChI is InChI=1S/C17H18F6N2O6S/c1-3-30-14(27)25(32(28,29)17(21,22)23)12-7-5-4-6-11(12)10-24-9-8-15(2,16(18,19)20)31-13(24)26/h4-7H,3,8-10H2,1-2H3. The van der Waals surface area contributed by atoms with Crippen molar-refractivity contribution in [1.82, 2.24) is 4.90 Å². The molecule has 0 spiro atoms. The van der Waals surface area contributed by atoms with Gasteiger partial charge in [-0.2, -0.15) is 39.1 Å². The molecule has 1 aliphatic rings. The number of benzene rings is 1. The van der Waals surface area contributed by atoms with Crippen molar-refractivity contribution in [3.63, 3.8) is 0 Å². The van der Waals surface area contributed by atoms with Gasteiger partial charge in [0.1, 0.15) is 0 Å². The number of para-hydroxylation sites is 1. The van der Waals surface area contributed by atoms with Gasteiger partial charge in [0, 0.05) is 13.0 Å². The molecule has 15 heteroatoms. The van der Waals surface area contributed by atoms with Crippen LogP contribution in [0.1, 0.15) is 25.8 Å². The van der Waals surface area contributed by atoms with Crippen LogP contribution < -0.4 is 4.31 Å². The lowest BCUT2D eigenvalue weighted by atomic mass is 9.99. The topological polar surface area (TPSA) is 93.2 Å². The van der Waals surface area contributed by atoms with Gasteiger partial charge in [-0.25, -0.2) is 9.59 Å². The maximum absolute atomic E-state index is 13.2. The molecule has 8 nitrogen and oxygen atoms in total. The molecule has 1 unspecified atom stereocenters. The number of halogens is 6. The van der Waals surface area contributed by atoms with Gasteiger partial charge in [0.05, 0.1) is 18.8 Å². The Bertz CT molecular complexity index is 980. The Balaban J connectivity index is 2.43. The summed E-state index contributed by atoms with van der Waals surface area (Å²) in [6.45, 7) is 0.346. The van der Waals surface area contributed by atoms with E-state index in [1.165, 1.54) is 13.0 Å². The molecule has 32 heavy (non-hydrogen) atoms. The first-order valence-electron chi connectivity index (χ1n) is 8.96. The molecule has 0 radical (unpaired) electrons. The van der Waals surface area contributed by atoms with Gasteiger partial charge in [-0.15, -0.1) is 0 Å². The van der Waals surface area contributed by atoms with Crippen molar-refractivity contribution in [3.05, 3.63) is 29.8 Å². The minimum atomic E-state index is -6.25. The smallest absolute Gasteiger partial charge is 0.449 e. The van der Waals surface area contributed by atoms with Crippen molar-refractivity contribution in [2.24, 2.45) is 0 Å². The van der Waals surface area contributed by atoms with Crippen LogP contribution in [0.15, 0.2) is 24.3 Å². The van der Waals surface area contributed by atoms with Crippen molar-refractivity contribution < 1.29 is 53.8 Å². The first-order valence-corrected chi connectivity index (χ1v) is 10.4. The maximum atomic E-state index is 13.2. The number of nitrogens with zero attached hydrogens (tertiary/aromatic N) is 2. The average Bonchev–Trinajstić information content (AvgIpc) is 2.64. The molecule has 1 aromatic rings. The number of cyclic esters (lactones) is 1. The number of ether oxygens (including phenoxy) is 2. The summed E-state index contributed by atoms with van der Waals surface area (Å²) in [4.78, 5) is 25.0. The first kappa shape index (κ1) is 25.5. The van der Waals surface area contributed by atoms with Crippen LogP contribution >= 0.6 is 0 Å². The minimum Gasteiger partial charge on any atom is -0.449 e. The predicted octanol–water partition coefficient (Wildman–Crippen LogP) is 4.16. The second-order valence-corrected chi connectivity index (χ2v) is 8.59. The third kappa shape index (κ3) is 4.86. The van der Waals surface area contributed by atoms with E-state index in [0.29, 0.717) is 6.92 Å². The van der Waals surface area contributed by atoms with Crippen molar-refractivity contribution in [1.29, 1.82) is 0 Å². The highest BCUT2D eigenvalue weighted by atomic mass is 32.2. The van der Waals surface area contributed by atoms with E-state index < -0.39 is 75.6 Å². The molecule has 1 heterocycles. The number of alkyl halides is 6. The van der Waals surface area contributed by atoms with Crippen LogP contribution in [0.3, 0.4) is 0 Å². The van der Waals surface area contributed by atoms with Gasteiger partial charge in [0.25, 0.3) is 0 Å². The van der Waals surface area contributed by atoms with E-state index in [4.69, 9.17) is 0 Å². The van der Waals surface area contributed by atoms with E-state index in [1.54, 1.807) is 0 Å². The Morgan fingerprint density at radius 3 is 2.31 bits per heavy atom. The predicted molar refractivity (Wildman–Crippen MR) is 96.9 cm³/mol. The highest BCUT2D eigenvalue weighted by Gasteiger charge is 2.57.